The van der Waals surface area contributed by atoms with E-state index in [0.717, 1.165) is 23.2 Å². The van der Waals surface area contributed by atoms with Crippen LogP contribution in [0.1, 0.15) is 80.1 Å². The first-order valence-electron chi connectivity index (χ1n) is 8.60. The number of rotatable bonds is 7. The highest BCUT2D eigenvalue weighted by molar-refractivity contribution is 5.17. The quantitative estimate of drug-likeness (QED) is 0.478. The summed E-state index contributed by atoms with van der Waals surface area (Å²) in [5.41, 5.74) is 4.17. The summed E-state index contributed by atoms with van der Waals surface area (Å²) in [4.78, 5) is 0. The highest BCUT2D eigenvalue weighted by atomic mass is 14.7. The Labute approximate surface area is 121 Å². The van der Waals surface area contributed by atoms with Gasteiger partial charge in [-0.05, 0) is 68.1 Å². The zero-order valence-electron chi connectivity index (χ0n) is 14.1. The van der Waals surface area contributed by atoms with Crippen LogP contribution >= 0.6 is 0 Å². The lowest BCUT2D eigenvalue weighted by Gasteiger charge is -2.41. The molecule has 0 nitrogen and oxygen atoms in total. The second kappa shape index (κ2) is 5.62. The molecular weight excluding hydrogens is 228 g/mol. The summed E-state index contributed by atoms with van der Waals surface area (Å²) >= 11 is 0. The van der Waals surface area contributed by atoms with Crippen molar-refractivity contribution in [2.24, 2.45) is 29.1 Å². The van der Waals surface area contributed by atoms with Gasteiger partial charge in [0.05, 0.1) is 0 Å². The van der Waals surface area contributed by atoms with E-state index in [2.05, 4.69) is 41.5 Å². The Morgan fingerprint density at radius 1 is 1.16 bits per heavy atom. The predicted octanol–water partition coefficient (Wildman–Crippen LogP) is 6.22. The third kappa shape index (κ3) is 2.93. The van der Waals surface area contributed by atoms with Crippen LogP contribution in [0.3, 0.4) is 0 Å². The van der Waals surface area contributed by atoms with E-state index >= 15 is 0 Å². The van der Waals surface area contributed by atoms with E-state index in [1.807, 2.05) is 0 Å². The summed E-state index contributed by atoms with van der Waals surface area (Å²) in [6.45, 7) is 14.2. The Kier molecular flexibility index (Phi) is 4.48. The van der Waals surface area contributed by atoms with Crippen molar-refractivity contribution in [3.8, 4) is 0 Å². The molecule has 2 fully saturated rings. The lowest BCUT2D eigenvalue weighted by molar-refractivity contribution is 0.0897. The zero-order valence-corrected chi connectivity index (χ0v) is 14.1. The summed E-state index contributed by atoms with van der Waals surface area (Å²) in [5.74, 6) is 3.73. The summed E-state index contributed by atoms with van der Waals surface area (Å²) in [7, 11) is 0. The second-order valence-corrected chi connectivity index (χ2v) is 7.89. The van der Waals surface area contributed by atoms with Crippen LogP contribution in [-0.2, 0) is 0 Å². The molecular formula is C19H34. The molecule has 0 aromatic heterocycles. The molecule has 0 heterocycles. The van der Waals surface area contributed by atoms with E-state index in [-0.39, 0.29) is 0 Å². The number of hydrogen-bond donors (Lipinski definition) is 0. The fraction of sp³-hybridized carbons (Fsp3) is 0.895. The highest BCUT2D eigenvalue weighted by Crippen LogP contribution is 2.70. The molecule has 110 valence electrons. The molecule has 3 unspecified atom stereocenters. The van der Waals surface area contributed by atoms with Crippen molar-refractivity contribution in [1.82, 2.24) is 0 Å². The largest absolute Gasteiger partial charge is 0.0713 e. The van der Waals surface area contributed by atoms with Crippen molar-refractivity contribution >= 4 is 0 Å². The lowest BCUT2D eigenvalue weighted by Crippen LogP contribution is -2.32. The third-order valence-corrected chi connectivity index (χ3v) is 6.27. The molecule has 0 N–H and O–H groups in total. The minimum Gasteiger partial charge on any atom is -0.0713 e. The first-order chi connectivity index (χ1) is 8.91. The maximum Gasteiger partial charge on any atom is -0.0257 e. The van der Waals surface area contributed by atoms with Gasteiger partial charge in [0.15, 0.2) is 0 Å². The zero-order chi connectivity index (χ0) is 14.2. The molecule has 0 spiro atoms. The maximum atomic E-state index is 2.42. The third-order valence-electron chi connectivity index (χ3n) is 6.27. The first kappa shape index (κ1) is 15.1. The van der Waals surface area contributed by atoms with Gasteiger partial charge < -0.3 is 0 Å². The van der Waals surface area contributed by atoms with Crippen LogP contribution in [0.2, 0.25) is 0 Å². The molecule has 0 heteroatoms. The Bertz CT molecular complexity index is 347. The predicted molar refractivity (Wildman–Crippen MR) is 85.2 cm³/mol. The van der Waals surface area contributed by atoms with E-state index in [0.29, 0.717) is 5.92 Å². The van der Waals surface area contributed by atoms with Gasteiger partial charge in [-0.15, -0.1) is 0 Å². The standard InChI is InChI=1S/C19H34/c1-7-19(12-16-11-18(16)19)10-8-9-17(14(4)5)15(6)13(2)3/h13-14,16,18H,7-12H2,1-6H3. The van der Waals surface area contributed by atoms with Gasteiger partial charge in [-0.3, -0.25) is 0 Å². The molecule has 19 heavy (non-hydrogen) atoms. The van der Waals surface area contributed by atoms with E-state index in [1.54, 1.807) is 24.0 Å². The summed E-state index contributed by atoms with van der Waals surface area (Å²) in [6.07, 6.45) is 8.81. The van der Waals surface area contributed by atoms with Crippen molar-refractivity contribution in [3.05, 3.63) is 11.1 Å². The molecule has 2 aliphatic rings. The van der Waals surface area contributed by atoms with Crippen molar-refractivity contribution in [2.75, 3.05) is 0 Å². The van der Waals surface area contributed by atoms with Crippen LogP contribution in [0.4, 0.5) is 0 Å². The van der Waals surface area contributed by atoms with Crippen LogP contribution in [0.25, 0.3) is 0 Å². The fourth-order valence-corrected chi connectivity index (χ4v) is 4.55. The Morgan fingerprint density at radius 2 is 1.84 bits per heavy atom. The van der Waals surface area contributed by atoms with E-state index in [9.17, 15) is 0 Å². The van der Waals surface area contributed by atoms with Gasteiger partial charge in [0.25, 0.3) is 0 Å². The summed E-state index contributed by atoms with van der Waals surface area (Å²) in [5, 5.41) is 0. The number of allylic oxidation sites excluding steroid dienone is 2. The Hall–Kier alpha value is -0.260. The summed E-state index contributed by atoms with van der Waals surface area (Å²) < 4.78 is 0. The van der Waals surface area contributed by atoms with Crippen LogP contribution in [0, 0.1) is 29.1 Å². The minimum atomic E-state index is 0.717. The van der Waals surface area contributed by atoms with Gasteiger partial charge in [-0.1, -0.05) is 52.2 Å². The molecule has 2 rings (SSSR count). The maximum absolute atomic E-state index is 2.42. The topological polar surface area (TPSA) is 0 Å². The molecule has 3 atom stereocenters. The Balaban J connectivity index is 1.88. The van der Waals surface area contributed by atoms with Gasteiger partial charge in [-0.2, -0.15) is 0 Å². The van der Waals surface area contributed by atoms with E-state index in [1.165, 1.54) is 25.7 Å². The normalized spacial score (nSPS) is 34.1. The van der Waals surface area contributed by atoms with Gasteiger partial charge in [0, 0.05) is 0 Å². The summed E-state index contributed by atoms with van der Waals surface area (Å²) in [6, 6.07) is 0. The van der Waals surface area contributed by atoms with Crippen LogP contribution < -0.4 is 0 Å². The molecule has 0 saturated heterocycles. The highest BCUT2D eigenvalue weighted by Gasteiger charge is 2.61. The molecule has 0 aromatic rings. The SMILES string of the molecule is CCC1(CCCC(=C(C)C(C)C)C(C)C)CC2CC21. The molecule has 0 radical (unpaired) electrons. The van der Waals surface area contributed by atoms with Gasteiger partial charge in [0.2, 0.25) is 0 Å². The van der Waals surface area contributed by atoms with Gasteiger partial charge in [-0.25, -0.2) is 0 Å². The average Bonchev–Trinajstić information content (AvgIpc) is 3.01. The number of fused-ring (bicyclic) bond motifs is 1. The smallest absolute Gasteiger partial charge is 0.0257 e. The Morgan fingerprint density at radius 3 is 2.21 bits per heavy atom. The first-order valence-corrected chi connectivity index (χ1v) is 8.60. The van der Waals surface area contributed by atoms with Crippen LogP contribution in [0.15, 0.2) is 11.1 Å². The van der Waals surface area contributed by atoms with Crippen molar-refractivity contribution in [3.63, 3.8) is 0 Å². The minimum absolute atomic E-state index is 0.717. The number of hydrogen-bond acceptors (Lipinski definition) is 0. The van der Waals surface area contributed by atoms with Crippen LogP contribution in [-0.4, -0.2) is 0 Å². The second-order valence-electron chi connectivity index (χ2n) is 7.89. The van der Waals surface area contributed by atoms with E-state index in [4.69, 9.17) is 0 Å². The molecule has 0 aromatic carbocycles. The van der Waals surface area contributed by atoms with E-state index < -0.39 is 0 Å². The molecule has 0 aliphatic heterocycles. The van der Waals surface area contributed by atoms with Gasteiger partial charge in [0.1, 0.15) is 0 Å². The van der Waals surface area contributed by atoms with Gasteiger partial charge >= 0.3 is 0 Å². The average molecular weight is 262 g/mol. The van der Waals surface area contributed by atoms with Crippen LogP contribution in [0.5, 0.6) is 0 Å². The van der Waals surface area contributed by atoms with Crippen molar-refractivity contribution < 1.29 is 0 Å². The molecule has 2 aliphatic carbocycles. The molecule has 0 amide bonds. The lowest BCUT2D eigenvalue weighted by atomic mass is 9.64. The monoisotopic (exact) mass is 262 g/mol. The molecule has 0 bridgehead atoms. The fourth-order valence-electron chi connectivity index (χ4n) is 4.55. The molecule has 2 saturated carbocycles. The van der Waals surface area contributed by atoms with Crippen molar-refractivity contribution in [2.45, 2.75) is 80.1 Å². The van der Waals surface area contributed by atoms with Crippen molar-refractivity contribution in [1.29, 1.82) is 0 Å².